The van der Waals surface area contributed by atoms with Crippen molar-refractivity contribution >= 4 is 11.6 Å². The van der Waals surface area contributed by atoms with Crippen LogP contribution in [0.3, 0.4) is 0 Å². The van der Waals surface area contributed by atoms with Gasteiger partial charge in [-0.3, -0.25) is 0 Å². The summed E-state index contributed by atoms with van der Waals surface area (Å²) >= 11 is 5.40. The second kappa shape index (κ2) is 4.21. The van der Waals surface area contributed by atoms with E-state index in [-0.39, 0.29) is 10.6 Å². The van der Waals surface area contributed by atoms with Gasteiger partial charge >= 0.3 is 0 Å². The van der Waals surface area contributed by atoms with Gasteiger partial charge in [0.05, 0.1) is 11.1 Å². The zero-order valence-electron chi connectivity index (χ0n) is 7.47. The molecule has 1 rings (SSSR count). The zero-order chi connectivity index (χ0) is 10.9. The maximum atomic E-state index is 13.3. The summed E-state index contributed by atoms with van der Waals surface area (Å²) in [6.45, 7) is 1.49. The van der Waals surface area contributed by atoms with Gasteiger partial charge in [-0.05, 0) is 19.1 Å². The number of hydrogen-bond acceptors (Lipinski definition) is 2. The highest BCUT2D eigenvalue weighted by molar-refractivity contribution is 6.30. The Balaban J connectivity index is 3.20. The fourth-order valence-corrected chi connectivity index (χ4v) is 1.29. The predicted molar refractivity (Wildman–Crippen MR) is 50.0 cm³/mol. The molecule has 2 atom stereocenters. The van der Waals surface area contributed by atoms with Gasteiger partial charge in [0, 0.05) is 11.6 Å². The van der Waals surface area contributed by atoms with Crippen LogP contribution in [0.1, 0.15) is 18.6 Å². The molecule has 0 spiro atoms. The first-order valence-corrected chi connectivity index (χ1v) is 4.39. The molecule has 0 aromatic heterocycles. The normalized spacial score (nSPS) is 15.3. The van der Waals surface area contributed by atoms with Crippen LogP contribution in [-0.2, 0) is 0 Å². The Morgan fingerprint density at radius 1 is 1.43 bits per heavy atom. The van der Waals surface area contributed by atoms with E-state index in [9.17, 15) is 13.9 Å². The maximum Gasteiger partial charge on any atom is 0.147 e. The summed E-state index contributed by atoms with van der Waals surface area (Å²) in [6, 6.07) is 1.03. The molecule has 1 aromatic rings. The molecule has 14 heavy (non-hydrogen) atoms. The Morgan fingerprint density at radius 3 is 2.50 bits per heavy atom. The summed E-state index contributed by atoms with van der Waals surface area (Å²) in [5.74, 6) is -1.54. The van der Waals surface area contributed by atoms with Crippen LogP contribution >= 0.6 is 11.6 Å². The molecule has 2 unspecified atom stereocenters. The van der Waals surface area contributed by atoms with Crippen molar-refractivity contribution in [3.05, 3.63) is 34.4 Å². The van der Waals surface area contributed by atoms with Gasteiger partial charge in [-0.2, -0.15) is 0 Å². The van der Waals surface area contributed by atoms with Crippen molar-refractivity contribution < 1.29 is 13.9 Å². The lowest BCUT2D eigenvalue weighted by atomic mass is 10.0. The van der Waals surface area contributed by atoms with Gasteiger partial charge in [-0.1, -0.05) is 11.6 Å². The van der Waals surface area contributed by atoms with Crippen LogP contribution in [-0.4, -0.2) is 11.1 Å². The summed E-state index contributed by atoms with van der Waals surface area (Å²) < 4.78 is 26.1. The number of aliphatic hydroxyl groups is 1. The van der Waals surface area contributed by atoms with E-state index < -0.39 is 23.8 Å². The lowest BCUT2D eigenvalue weighted by molar-refractivity contribution is 0.148. The monoisotopic (exact) mass is 221 g/mol. The van der Waals surface area contributed by atoms with Crippen molar-refractivity contribution in [3.8, 4) is 0 Å². The Hall–Kier alpha value is -0.710. The molecule has 0 radical (unpaired) electrons. The first kappa shape index (κ1) is 11.4. The van der Waals surface area contributed by atoms with Gasteiger partial charge in [0.15, 0.2) is 0 Å². The Morgan fingerprint density at radius 2 is 2.00 bits per heavy atom. The molecular weight excluding hydrogens is 212 g/mol. The van der Waals surface area contributed by atoms with Crippen LogP contribution in [0.2, 0.25) is 5.02 Å². The smallest absolute Gasteiger partial charge is 0.147 e. The van der Waals surface area contributed by atoms with Crippen LogP contribution < -0.4 is 5.73 Å². The minimum Gasteiger partial charge on any atom is -0.387 e. The molecule has 3 N–H and O–H groups in total. The molecule has 0 aliphatic rings. The van der Waals surface area contributed by atoms with Gasteiger partial charge in [-0.25, -0.2) is 8.78 Å². The molecule has 2 nitrogen and oxygen atoms in total. The quantitative estimate of drug-likeness (QED) is 0.751. The molecule has 0 aliphatic heterocycles. The average molecular weight is 222 g/mol. The fourth-order valence-electron chi connectivity index (χ4n) is 1.07. The lowest BCUT2D eigenvalue weighted by Crippen LogP contribution is -2.25. The Labute approximate surface area is 85.3 Å². The van der Waals surface area contributed by atoms with Crippen molar-refractivity contribution in [3.63, 3.8) is 0 Å². The maximum absolute atomic E-state index is 13.3. The fraction of sp³-hybridized carbons (Fsp3) is 0.333. The van der Waals surface area contributed by atoms with Gasteiger partial charge in [0.25, 0.3) is 0 Å². The van der Waals surface area contributed by atoms with Gasteiger partial charge in [0.2, 0.25) is 0 Å². The third-order valence-corrected chi connectivity index (χ3v) is 2.11. The first-order chi connectivity index (χ1) is 6.43. The second-order valence-electron chi connectivity index (χ2n) is 3.09. The van der Waals surface area contributed by atoms with Crippen LogP contribution in [0, 0.1) is 11.6 Å². The standard InChI is InChI=1S/C9H10ClF2NO/c1-4(13)9(14)6-2-5(11)3-7(10)8(6)12/h2-4,9,14H,13H2,1H3. The van der Waals surface area contributed by atoms with Crippen LogP contribution in [0.4, 0.5) is 8.78 Å². The third-order valence-electron chi connectivity index (χ3n) is 1.84. The Kier molecular flexibility index (Phi) is 3.42. The SMILES string of the molecule is CC(N)C(O)c1cc(F)cc(Cl)c1F. The van der Waals surface area contributed by atoms with E-state index in [1.807, 2.05) is 0 Å². The first-order valence-electron chi connectivity index (χ1n) is 4.01. The summed E-state index contributed by atoms with van der Waals surface area (Å²) in [7, 11) is 0. The second-order valence-corrected chi connectivity index (χ2v) is 3.50. The molecular formula is C9H10ClF2NO. The molecule has 78 valence electrons. The summed E-state index contributed by atoms with van der Waals surface area (Å²) in [5, 5.41) is 9.08. The number of hydrogen-bond donors (Lipinski definition) is 2. The minimum absolute atomic E-state index is 0.218. The molecule has 5 heteroatoms. The average Bonchev–Trinajstić information content (AvgIpc) is 2.09. The van der Waals surface area contributed by atoms with Crippen molar-refractivity contribution in [2.75, 3.05) is 0 Å². The van der Waals surface area contributed by atoms with Crippen molar-refractivity contribution in [1.82, 2.24) is 0 Å². The van der Waals surface area contributed by atoms with E-state index in [1.54, 1.807) is 0 Å². The van der Waals surface area contributed by atoms with E-state index in [2.05, 4.69) is 0 Å². The van der Waals surface area contributed by atoms with Gasteiger partial charge in [-0.15, -0.1) is 0 Å². The summed E-state index contributed by atoms with van der Waals surface area (Å²) in [6.07, 6.45) is -1.26. The number of rotatable bonds is 2. The minimum atomic E-state index is -1.26. The number of halogens is 3. The topological polar surface area (TPSA) is 46.2 Å². The van der Waals surface area contributed by atoms with Crippen molar-refractivity contribution in [2.24, 2.45) is 5.73 Å². The lowest BCUT2D eigenvalue weighted by Gasteiger charge is -2.16. The zero-order valence-corrected chi connectivity index (χ0v) is 8.22. The Bertz CT molecular complexity index is 344. The summed E-state index contributed by atoms with van der Waals surface area (Å²) in [4.78, 5) is 0. The van der Waals surface area contributed by atoms with Crippen molar-refractivity contribution in [1.29, 1.82) is 0 Å². The van der Waals surface area contributed by atoms with E-state index in [4.69, 9.17) is 17.3 Å². The van der Waals surface area contributed by atoms with E-state index in [1.165, 1.54) is 6.92 Å². The van der Waals surface area contributed by atoms with Crippen molar-refractivity contribution in [2.45, 2.75) is 19.1 Å². The highest BCUT2D eigenvalue weighted by Gasteiger charge is 2.19. The van der Waals surface area contributed by atoms with Crippen LogP contribution in [0.25, 0.3) is 0 Å². The number of nitrogens with two attached hydrogens (primary N) is 1. The number of aliphatic hydroxyl groups excluding tert-OH is 1. The highest BCUT2D eigenvalue weighted by Crippen LogP contribution is 2.26. The molecule has 0 bridgehead atoms. The molecule has 0 amide bonds. The predicted octanol–water partition coefficient (Wildman–Crippen LogP) is 2.00. The summed E-state index contributed by atoms with van der Waals surface area (Å²) in [5.41, 5.74) is 5.14. The van der Waals surface area contributed by atoms with E-state index in [0.717, 1.165) is 12.1 Å². The van der Waals surface area contributed by atoms with E-state index in [0.29, 0.717) is 0 Å². The molecule has 1 aromatic carbocycles. The molecule has 0 heterocycles. The highest BCUT2D eigenvalue weighted by atomic mass is 35.5. The van der Waals surface area contributed by atoms with E-state index >= 15 is 0 Å². The van der Waals surface area contributed by atoms with Gasteiger partial charge < -0.3 is 10.8 Å². The molecule has 0 saturated heterocycles. The van der Waals surface area contributed by atoms with Gasteiger partial charge in [0.1, 0.15) is 11.6 Å². The van der Waals surface area contributed by atoms with Crippen LogP contribution in [0.15, 0.2) is 12.1 Å². The largest absolute Gasteiger partial charge is 0.387 e. The molecule has 0 saturated carbocycles. The third kappa shape index (κ3) is 2.20. The van der Waals surface area contributed by atoms with Crippen LogP contribution in [0.5, 0.6) is 0 Å². The molecule has 0 aliphatic carbocycles. The number of benzene rings is 1. The molecule has 0 fully saturated rings.